The third kappa shape index (κ3) is 4.49. The largest absolute Gasteiger partial charge is 0.322 e. The van der Waals surface area contributed by atoms with Gasteiger partial charge < -0.3 is 10.6 Å². The first kappa shape index (κ1) is 20.7. The van der Waals surface area contributed by atoms with Crippen molar-refractivity contribution in [2.75, 3.05) is 10.6 Å². The van der Waals surface area contributed by atoms with Crippen LogP contribution in [0.3, 0.4) is 0 Å². The van der Waals surface area contributed by atoms with Gasteiger partial charge >= 0.3 is 0 Å². The minimum absolute atomic E-state index is 0.0588. The fourth-order valence-corrected chi connectivity index (χ4v) is 2.89. The Kier molecular flexibility index (Phi) is 5.87. The molecular formula is C22H20N4O4. The van der Waals surface area contributed by atoms with Gasteiger partial charge in [0.25, 0.3) is 11.8 Å². The molecule has 2 amide bonds. The number of aryl methyl sites for hydroxylation is 1. The Balaban J connectivity index is 1.83. The minimum Gasteiger partial charge on any atom is -0.322 e. The van der Waals surface area contributed by atoms with Crippen LogP contribution in [0.1, 0.15) is 55.4 Å². The lowest BCUT2D eigenvalue weighted by molar-refractivity contribution is 0.0985. The smallest absolute Gasteiger partial charge is 0.274 e. The lowest BCUT2D eigenvalue weighted by Gasteiger charge is -2.10. The van der Waals surface area contributed by atoms with Crippen LogP contribution in [0, 0.1) is 0 Å². The second-order valence-corrected chi connectivity index (χ2v) is 6.71. The highest BCUT2D eigenvalue weighted by atomic mass is 16.2. The van der Waals surface area contributed by atoms with Gasteiger partial charge in [-0.3, -0.25) is 23.9 Å². The summed E-state index contributed by atoms with van der Waals surface area (Å²) in [5.41, 5.74) is 1.91. The maximum Gasteiger partial charge on any atom is 0.274 e. The zero-order valence-electron chi connectivity index (χ0n) is 16.7. The van der Waals surface area contributed by atoms with Gasteiger partial charge in [-0.1, -0.05) is 24.3 Å². The summed E-state index contributed by atoms with van der Waals surface area (Å²) in [5, 5.41) is 9.39. The van der Waals surface area contributed by atoms with Crippen molar-refractivity contribution < 1.29 is 19.2 Å². The van der Waals surface area contributed by atoms with Crippen LogP contribution >= 0.6 is 0 Å². The molecule has 0 aliphatic heterocycles. The Bertz CT molecular complexity index is 1160. The first-order valence-electron chi connectivity index (χ1n) is 9.13. The monoisotopic (exact) mass is 404 g/mol. The van der Waals surface area contributed by atoms with Gasteiger partial charge in [-0.05, 0) is 38.1 Å². The number of rotatable bonds is 6. The van der Waals surface area contributed by atoms with Crippen molar-refractivity contribution in [3.63, 3.8) is 0 Å². The first-order valence-corrected chi connectivity index (χ1v) is 9.13. The third-order valence-electron chi connectivity index (χ3n) is 4.45. The van der Waals surface area contributed by atoms with Gasteiger partial charge in [-0.2, -0.15) is 5.10 Å². The van der Waals surface area contributed by atoms with Crippen LogP contribution in [0.2, 0.25) is 0 Å². The molecule has 0 fully saturated rings. The maximum absolute atomic E-state index is 12.8. The molecular weight excluding hydrogens is 384 g/mol. The fraction of sp³-hybridized carbons (Fsp3) is 0.136. The van der Waals surface area contributed by atoms with Gasteiger partial charge in [0.1, 0.15) is 5.69 Å². The second-order valence-electron chi connectivity index (χ2n) is 6.71. The van der Waals surface area contributed by atoms with Gasteiger partial charge in [0.15, 0.2) is 11.6 Å². The van der Waals surface area contributed by atoms with E-state index in [1.165, 1.54) is 24.7 Å². The van der Waals surface area contributed by atoms with E-state index in [9.17, 15) is 19.2 Å². The van der Waals surface area contributed by atoms with E-state index in [1.807, 2.05) is 0 Å². The Morgan fingerprint density at radius 3 is 1.80 bits per heavy atom. The molecule has 3 aromatic rings. The standard InChI is InChI=1S/C22H20N4O4/c1-13(27)15-6-4-8-17(10-15)24-21(29)19-12-23-26(3)20(19)22(30)25-18-9-5-7-16(11-18)14(2)28/h4-12H,1-3H3,(H,24,29)(H,25,30). The summed E-state index contributed by atoms with van der Waals surface area (Å²) < 4.78 is 1.30. The number of aromatic nitrogens is 2. The first-order chi connectivity index (χ1) is 14.3. The molecule has 0 aliphatic carbocycles. The van der Waals surface area contributed by atoms with Crippen LogP contribution in [-0.4, -0.2) is 33.2 Å². The number of carbonyl (C=O) groups excluding carboxylic acids is 4. The van der Waals surface area contributed by atoms with Gasteiger partial charge in [-0.25, -0.2) is 0 Å². The number of nitrogens with zero attached hydrogens (tertiary/aromatic N) is 2. The molecule has 0 bridgehead atoms. The predicted octanol–water partition coefficient (Wildman–Crippen LogP) is 3.33. The number of hydrogen-bond acceptors (Lipinski definition) is 5. The molecule has 0 spiro atoms. The number of benzene rings is 2. The maximum atomic E-state index is 12.8. The number of anilines is 2. The van der Waals surface area contributed by atoms with E-state index in [0.29, 0.717) is 22.5 Å². The van der Waals surface area contributed by atoms with E-state index in [0.717, 1.165) is 0 Å². The summed E-state index contributed by atoms with van der Waals surface area (Å²) in [7, 11) is 1.55. The number of amides is 2. The van der Waals surface area contributed by atoms with E-state index >= 15 is 0 Å². The summed E-state index contributed by atoms with van der Waals surface area (Å²) in [6.07, 6.45) is 1.30. The van der Waals surface area contributed by atoms with Crippen LogP contribution in [0.25, 0.3) is 0 Å². The van der Waals surface area contributed by atoms with Crippen molar-refractivity contribution in [1.29, 1.82) is 0 Å². The molecule has 1 heterocycles. The summed E-state index contributed by atoms with van der Waals surface area (Å²) in [4.78, 5) is 48.7. The summed E-state index contributed by atoms with van der Waals surface area (Å²) in [6.45, 7) is 2.87. The molecule has 0 saturated carbocycles. The Morgan fingerprint density at radius 2 is 1.30 bits per heavy atom. The lowest BCUT2D eigenvalue weighted by Crippen LogP contribution is -2.22. The average molecular weight is 404 g/mol. The highest BCUT2D eigenvalue weighted by Gasteiger charge is 2.22. The van der Waals surface area contributed by atoms with E-state index in [2.05, 4.69) is 15.7 Å². The number of hydrogen-bond donors (Lipinski definition) is 2. The molecule has 0 radical (unpaired) electrons. The van der Waals surface area contributed by atoms with E-state index < -0.39 is 11.8 Å². The van der Waals surface area contributed by atoms with Gasteiger partial charge in [-0.15, -0.1) is 0 Å². The van der Waals surface area contributed by atoms with Gasteiger partial charge in [0.05, 0.1) is 11.8 Å². The SMILES string of the molecule is CC(=O)c1cccc(NC(=O)c2cnn(C)c2C(=O)Nc2cccc(C(C)=O)c2)c1. The normalized spacial score (nSPS) is 10.4. The molecule has 1 aromatic heterocycles. The average Bonchev–Trinajstić information content (AvgIpc) is 3.10. The Morgan fingerprint density at radius 1 is 0.800 bits per heavy atom. The third-order valence-corrected chi connectivity index (χ3v) is 4.45. The van der Waals surface area contributed by atoms with Crippen molar-refractivity contribution in [2.45, 2.75) is 13.8 Å². The topological polar surface area (TPSA) is 110 Å². The molecule has 152 valence electrons. The van der Waals surface area contributed by atoms with Crippen molar-refractivity contribution in [1.82, 2.24) is 9.78 Å². The number of nitrogens with one attached hydrogen (secondary N) is 2. The summed E-state index contributed by atoms with van der Waals surface area (Å²) >= 11 is 0. The molecule has 0 atom stereocenters. The molecule has 0 aliphatic rings. The number of Topliss-reactive ketones (excluding diaryl/α,β-unsaturated/α-hetero) is 2. The molecule has 0 saturated heterocycles. The number of carbonyl (C=O) groups is 4. The van der Waals surface area contributed by atoms with Crippen LogP contribution in [0.5, 0.6) is 0 Å². The zero-order valence-corrected chi connectivity index (χ0v) is 16.7. The van der Waals surface area contributed by atoms with Crippen LogP contribution < -0.4 is 10.6 Å². The van der Waals surface area contributed by atoms with E-state index in [1.54, 1.807) is 55.6 Å². The zero-order chi connectivity index (χ0) is 21.8. The van der Waals surface area contributed by atoms with Crippen LogP contribution in [-0.2, 0) is 7.05 Å². The van der Waals surface area contributed by atoms with Gasteiger partial charge in [0, 0.05) is 29.5 Å². The van der Waals surface area contributed by atoms with Crippen LogP contribution in [0.15, 0.2) is 54.7 Å². The lowest BCUT2D eigenvalue weighted by atomic mass is 10.1. The molecule has 2 N–H and O–H groups in total. The fourth-order valence-electron chi connectivity index (χ4n) is 2.89. The van der Waals surface area contributed by atoms with Crippen molar-refractivity contribution in [3.05, 3.63) is 77.1 Å². The van der Waals surface area contributed by atoms with Gasteiger partial charge in [0.2, 0.25) is 0 Å². The molecule has 0 unspecified atom stereocenters. The summed E-state index contributed by atoms with van der Waals surface area (Å²) in [5.74, 6) is -1.33. The molecule has 2 aromatic carbocycles. The Labute approximate surface area is 172 Å². The van der Waals surface area contributed by atoms with E-state index in [-0.39, 0.29) is 22.8 Å². The highest BCUT2D eigenvalue weighted by Crippen LogP contribution is 2.17. The van der Waals surface area contributed by atoms with Crippen molar-refractivity contribution in [2.24, 2.45) is 7.05 Å². The molecule has 8 heteroatoms. The quantitative estimate of drug-likeness (QED) is 0.613. The minimum atomic E-state index is -0.543. The molecule has 3 rings (SSSR count). The molecule has 30 heavy (non-hydrogen) atoms. The van der Waals surface area contributed by atoms with Crippen molar-refractivity contribution >= 4 is 34.8 Å². The number of ketones is 2. The van der Waals surface area contributed by atoms with E-state index in [4.69, 9.17) is 0 Å². The summed E-state index contributed by atoms with van der Waals surface area (Å²) in [6, 6.07) is 13.0. The second kappa shape index (κ2) is 8.52. The Hall–Kier alpha value is -4.07. The predicted molar refractivity (Wildman–Crippen MR) is 112 cm³/mol. The highest BCUT2D eigenvalue weighted by molar-refractivity contribution is 6.14. The van der Waals surface area contributed by atoms with Crippen molar-refractivity contribution in [3.8, 4) is 0 Å². The molecule has 8 nitrogen and oxygen atoms in total. The van der Waals surface area contributed by atoms with Crippen LogP contribution in [0.4, 0.5) is 11.4 Å².